The average molecular weight is 345 g/mol. The minimum absolute atomic E-state index is 0.691. The van der Waals surface area contributed by atoms with E-state index in [1.807, 2.05) is 0 Å². The summed E-state index contributed by atoms with van der Waals surface area (Å²) in [4.78, 5) is 0. The number of hydrogen-bond acceptors (Lipinski definition) is 2. The molecule has 0 amide bonds. The van der Waals surface area contributed by atoms with Crippen LogP contribution in [0.1, 0.15) is 37.7 Å². The van der Waals surface area contributed by atoms with Crippen LogP contribution in [0.15, 0.2) is 54.6 Å². The lowest BCUT2D eigenvalue weighted by molar-refractivity contribution is 0.117. The molecule has 0 aliphatic carbocycles. The summed E-state index contributed by atoms with van der Waals surface area (Å²) >= 11 is 0. The van der Waals surface area contributed by atoms with Gasteiger partial charge in [-0.25, -0.2) is 0 Å². The molecule has 0 saturated heterocycles. The number of benzene rings is 4. The summed E-state index contributed by atoms with van der Waals surface area (Å²) in [5.74, 6) is 0. The van der Waals surface area contributed by atoms with Crippen LogP contribution in [-0.4, -0.2) is 13.2 Å². The molecule has 0 fully saturated rings. The maximum absolute atomic E-state index is 5.99. The van der Waals surface area contributed by atoms with Crippen LogP contribution >= 0.6 is 0 Å². The highest BCUT2D eigenvalue weighted by atomic mass is 16.5. The first-order valence-electron chi connectivity index (χ1n) is 9.82. The quantitative estimate of drug-likeness (QED) is 0.298. The van der Waals surface area contributed by atoms with E-state index in [1.165, 1.54) is 57.1 Å². The summed E-state index contributed by atoms with van der Waals surface area (Å²) in [6.07, 6.45) is 6.02. The van der Waals surface area contributed by atoms with Crippen LogP contribution in [0.5, 0.6) is 0 Å². The Morgan fingerprint density at radius 3 is 2.12 bits per heavy atom. The molecule has 2 N–H and O–H groups in total. The Labute approximate surface area is 155 Å². The topological polar surface area (TPSA) is 35.2 Å². The smallest absolute Gasteiger partial charge is 0.0722 e. The Hall–Kier alpha value is -2.16. The molecule has 4 rings (SSSR count). The zero-order valence-electron chi connectivity index (χ0n) is 15.3. The van der Waals surface area contributed by atoms with Crippen LogP contribution in [0.4, 0.5) is 0 Å². The molecule has 0 unspecified atom stereocenters. The van der Waals surface area contributed by atoms with Crippen molar-refractivity contribution in [3.05, 3.63) is 60.2 Å². The highest BCUT2D eigenvalue weighted by Crippen LogP contribution is 2.36. The lowest BCUT2D eigenvalue weighted by atomic mass is 9.92. The lowest BCUT2D eigenvalue weighted by Gasteiger charge is -2.14. The van der Waals surface area contributed by atoms with Crippen LogP contribution in [0, 0.1) is 0 Å². The van der Waals surface area contributed by atoms with Gasteiger partial charge in [0.15, 0.2) is 0 Å². The Morgan fingerprint density at radius 2 is 1.31 bits per heavy atom. The number of hydrogen-bond donors (Lipinski definition) is 1. The molecule has 0 heterocycles. The third-order valence-corrected chi connectivity index (χ3v) is 5.37. The van der Waals surface area contributed by atoms with Crippen molar-refractivity contribution in [1.29, 1.82) is 0 Å². The van der Waals surface area contributed by atoms with E-state index in [2.05, 4.69) is 54.6 Å². The van der Waals surface area contributed by atoms with Crippen LogP contribution < -0.4 is 5.73 Å². The predicted molar refractivity (Wildman–Crippen MR) is 112 cm³/mol. The Balaban J connectivity index is 1.49. The second kappa shape index (κ2) is 8.03. The molecule has 0 bridgehead atoms. The first-order valence-corrected chi connectivity index (χ1v) is 9.82. The van der Waals surface area contributed by atoms with E-state index in [0.29, 0.717) is 6.61 Å². The molecular formula is C24H27NO. The van der Waals surface area contributed by atoms with E-state index in [0.717, 1.165) is 26.0 Å². The summed E-state index contributed by atoms with van der Waals surface area (Å²) in [5.41, 5.74) is 6.82. The molecular weight excluding hydrogens is 318 g/mol. The van der Waals surface area contributed by atoms with E-state index in [4.69, 9.17) is 10.5 Å². The van der Waals surface area contributed by atoms with Crippen LogP contribution in [0.25, 0.3) is 32.3 Å². The van der Waals surface area contributed by atoms with Gasteiger partial charge in [0.25, 0.3) is 0 Å². The first kappa shape index (κ1) is 17.3. The minimum atomic E-state index is 0.691. The fourth-order valence-electron chi connectivity index (χ4n) is 3.98. The van der Waals surface area contributed by atoms with Gasteiger partial charge in [-0.3, -0.25) is 0 Å². The van der Waals surface area contributed by atoms with E-state index in [-0.39, 0.29) is 0 Å². The molecule has 0 aliphatic rings. The normalized spacial score (nSPS) is 11.9. The van der Waals surface area contributed by atoms with Gasteiger partial charge in [-0.2, -0.15) is 0 Å². The molecule has 0 saturated carbocycles. The van der Waals surface area contributed by atoms with Gasteiger partial charge in [-0.05, 0) is 57.3 Å². The zero-order chi connectivity index (χ0) is 17.8. The largest absolute Gasteiger partial charge is 0.377 e. The molecule has 4 aromatic rings. The Bertz CT molecular complexity index is 976. The first-order chi connectivity index (χ1) is 12.9. The van der Waals surface area contributed by atoms with E-state index < -0.39 is 0 Å². The van der Waals surface area contributed by atoms with E-state index in [1.54, 1.807) is 0 Å². The molecule has 2 nitrogen and oxygen atoms in total. The molecule has 0 aromatic heterocycles. The third-order valence-electron chi connectivity index (χ3n) is 5.37. The zero-order valence-corrected chi connectivity index (χ0v) is 15.3. The van der Waals surface area contributed by atoms with E-state index >= 15 is 0 Å². The van der Waals surface area contributed by atoms with Gasteiger partial charge in [0, 0.05) is 6.61 Å². The maximum Gasteiger partial charge on any atom is 0.0722 e. The van der Waals surface area contributed by atoms with Gasteiger partial charge in [0.2, 0.25) is 0 Å². The van der Waals surface area contributed by atoms with Gasteiger partial charge in [0.05, 0.1) is 6.61 Å². The molecule has 4 aromatic carbocycles. The summed E-state index contributed by atoms with van der Waals surface area (Å²) < 4.78 is 5.99. The standard InChI is InChI=1S/C24H27NO/c25-15-4-2-1-3-5-16-26-17-21-12-11-20-10-9-18-7-6-8-19-13-14-22(21)24(20)23(18)19/h6-14H,1-5,15-17,25H2. The van der Waals surface area contributed by atoms with Crippen molar-refractivity contribution in [3.63, 3.8) is 0 Å². The van der Waals surface area contributed by atoms with Crippen LogP contribution in [0.3, 0.4) is 0 Å². The van der Waals surface area contributed by atoms with Crippen LogP contribution in [0.2, 0.25) is 0 Å². The fraction of sp³-hybridized carbons (Fsp3) is 0.333. The molecule has 0 spiro atoms. The highest BCUT2D eigenvalue weighted by Gasteiger charge is 2.10. The van der Waals surface area contributed by atoms with Crippen molar-refractivity contribution in [2.75, 3.05) is 13.2 Å². The predicted octanol–water partition coefficient (Wildman–Crippen LogP) is 6.01. The van der Waals surface area contributed by atoms with Gasteiger partial charge in [-0.15, -0.1) is 0 Å². The van der Waals surface area contributed by atoms with Crippen molar-refractivity contribution in [3.8, 4) is 0 Å². The van der Waals surface area contributed by atoms with Gasteiger partial charge in [-0.1, -0.05) is 73.9 Å². The average Bonchev–Trinajstić information content (AvgIpc) is 2.69. The SMILES string of the molecule is NCCCCCCCOCc1ccc2ccc3cccc4ccc1c2c34. The van der Waals surface area contributed by atoms with Crippen molar-refractivity contribution in [2.45, 2.75) is 38.7 Å². The highest BCUT2D eigenvalue weighted by molar-refractivity contribution is 6.23. The lowest BCUT2D eigenvalue weighted by Crippen LogP contribution is -1.99. The van der Waals surface area contributed by atoms with Crippen molar-refractivity contribution in [2.24, 2.45) is 5.73 Å². The molecule has 0 atom stereocenters. The summed E-state index contributed by atoms with van der Waals surface area (Å²) in [5, 5.41) is 8.03. The second-order valence-corrected chi connectivity index (χ2v) is 7.19. The van der Waals surface area contributed by atoms with Crippen molar-refractivity contribution < 1.29 is 4.74 Å². The molecule has 2 heteroatoms. The van der Waals surface area contributed by atoms with Gasteiger partial charge < -0.3 is 10.5 Å². The number of rotatable bonds is 9. The minimum Gasteiger partial charge on any atom is -0.377 e. The van der Waals surface area contributed by atoms with E-state index in [9.17, 15) is 0 Å². The second-order valence-electron chi connectivity index (χ2n) is 7.19. The van der Waals surface area contributed by atoms with Crippen LogP contribution in [-0.2, 0) is 11.3 Å². The summed E-state index contributed by atoms with van der Waals surface area (Å²) in [6, 6.07) is 20.0. The monoisotopic (exact) mass is 345 g/mol. The van der Waals surface area contributed by atoms with Crippen molar-refractivity contribution >= 4 is 32.3 Å². The number of nitrogens with two attached hydrogens (primary N) is 1. The fourth-order valence-corrected chi connectivity index (χ4v) is 3.98. The molecule has 134 valence electrons. The Morgan fingerprint density at radius 1 is 0.654 bits per heavy atom. The van der Waals surface area contributed by atoms with Crippen molar-refractivity contribution in [1.82, 2.24) is 0 Å². The number of unbranched alkanes of at least 4 members (excludes halogenated alkanes) is 4. The summed E-state index contributed by atoms with van der Waals surface area (Å²) in [7, 11) is 0. The molecule has 0 radical (unpaired) electrons. The molecule has 0 aliphatic heterocycles. The Kier molecular flexibility index (Phi) is 5.33. The van der Waals surface area contributed by atoms with Gasteiger partial charge in [0.1, 0.15) is 0 Å². The summed E-state index contributed by atoms with van der Waals surface area (Å²) in [6.45, 7) is 2.34. The number of ether oxygens (including phenoxy) is 1. The molecule has 26 heavy (non-hydrogen) atoms. The maximum atomic E-state index is 5.99. The third kappa shape index (κ3) is 3.40. The van der Waals surface area contributed by atoms with Gasteiger partial charge >= 0.3 is 0 Å².